The first-order valence-corrected chi connectivity index (χ1v) is 8.68. The van der Waals surface area contributed by atoms with Crippen molar-refractivity contribution < 1.29 is 9.53 Å². The maximum Gasteiger partial charge on any atom is 0.245 e. The van der Waals surface area contributed by atoms with Crippen LogP contribution in [-0.2, 0) is 22.4 Å². The Labute approximate surface area is 129 Å². The molecule has 1 aliphatic carbocycles. The van der Waals surface area contributed by atoms with Gasteiger partial charge in [0.05, 0.1) is 18.9 Å². The van der Waals surface area contributed by atoms with Gasteiger partial charge in [-0.1, -0.05) is 19.8 Å². The molecule has 0 bridgehead atoms. The number of aromatic nitrogens is 1. The summed E-state index contributed by atoms with van der Waals surface area (Å²) in [4.78, 5) is 18.1. The molecule has 1 aliphatic heterocycles. The first-order valence-electron chi connectivity index (χ1n) is 7.87. The zero-order valence-electron chi connectivity index (χ0n) is 12.5. The third-order valence-electron chi connectivity index (χ3n) is 4.21. The van der Waals surface area contributed by atoms with E-state index in [0.29, 0.717) is 13.2 Å². The van der Waals surface area contributed by atoms with E-state index in [-0.39, 0.29) is 11.9 Å². The molecule has 6 heteroatoms. The molecular formula is C15H23N3O2S. The largest absolute Gasteiger partial charge is 0.378 e. The van der Waals surface area contributed by atoms with Crippen LogP contribution in [0.5, 0.6) is 0 Å². The molecular weight excluding hydrogens is 286 g/mol. The van der Waals surface area contributed by atoms with E-state index >= 15 is 0 Å². The van der Waals surface area contributed by atoms with Crippen LogP contribution in [0.1, 0.15) is 36.8 Å². The van der Waals surface area contributed by atoms with Gasteiger partial charge in [-0.2, -0.15) is 0 Å². The lowest BCUT2D eigenvalue weighted by Crippen LogP contribution is -2.48. The molecule has 3 rings (SSSR count). The van der Waals surface area contributed by atoms with E-state index in [1.807, 2.05) is 0 Å². The molecule has 5 nitrogen and oxygen atoms in total. The predicted molar refractivity (Wildman–Crippen MR) is 83.8 cm³/mol. The second-order valence-electron chi connectivity index (χ2n) is 5.86. The van der Waals surface area contributed by atoms with Gasteiger partial charge in [-0.3, -0.25) is 4.79 Å². The number of fused-ring (bicyclic) bond motifs is 1. The highest BCUT2D eigenvalue weighted by Crippen LogP contribution is 2.34. The second kappa shape index (κ2) is 6.85. The highest BCUT2D eigenvalue weighted by Gasteiger charge is 2.25. The number of nitrogens with zero attached hydrogens (tertiary/aromatic N) is 1. The van der Waals surface area contributed by atoms with Gasteiger partial charge in [-0.25, -0.2) is 4.98 Å². The van der Waals surface area contributed by atoms with Crippen LogP contribution < -0.4 is 10.6 Å². The van der Waals surface area contributed by atoms with Gasteiger partial charge in [0.15, 0.2) is 5.13 Å². The molecule has 2 heterocycles. The van der Waals surface area contributed by atoms with Crippen LogP contribution in [-0.4, -0.2) is 36.7 Å². The van der Waals surface area contributed by atoms with Crippen molar-refractivity contribution in [2.24, 2.45) is 5.92 Å². The normalized spacial score (nSPS) is 25.4. The fourth-order valence-corrected chi connectivity index (χ4v) is 4.20. The second-order valence-corrected chi connectivity index (χ2v) is 6.94. The van der Waals surface area contributed by atoms with Crippen molar-refractivity contribution in [2.45, 2.75) is 45.1 Å². The average molecular weight is 309 g/mol. The van der Waals surface area contributed by atoms with E-state index in [1.54, 1.807) is 11.3 Å². The summed E-state index contributed by atoms with van der Waals surface area (Å²) in [5, 5.41) is 6.85. The summed E-state index contributed by atoms with van der Waals surface area (Å²) < 4.78 is 5.32. The molecule has 0 aromatic carbocycles. The van der Waals surface area contributed by atoms with E-state index in [9.17, 15) is 4.79 Å². The summed E-state index contributed by atoms with van der Waals surface area (Å²) in [5.74, 6) is 0.755. The van der Waals surface area contributed by atoms with E-state index in [0.717, 1.165) is 30.4 Å². The lowest BCUT2D eigenvalue weighted by Gasteiger charge is -2.22. The van der Waals surface area contributed by atoms with Crippen LogP contribution in [0.15, 0.2) is 0 Å². The van der Waals surface area contributed by atoms with Crippen molar-refractivity contribution in [3.8, 4) is 0 Å². The first kappa shape index (κ1) is 14.9. The van der Waals surface area contributed by atoms with E-state index < -0.39 is 0 Å². The number of aryl methyl sites for hydroxylation is 1. The fraction of sp³-hybridized carbons (Fsp3) is 0.733. The standard InChI is InChI=1S/C15H23N3O2S/c1-2-3-10-4-5-11-13(8-10)21-15(17-11)18-14(19)12-9-20-7-6-16-12/h10,12,16H,2-9H2,1H3,(H,17,18,19). The van der Waals surface area contributed by atoms with Crippen LogP contribution in [0.4, 0.5) is 5.13 Å². The predicted octanol–water partition coefficient (Wildman–Crippen LogP) is 1.97. The molecule has 116 valence electrons. The molecule has 2 unspecified atom stereocenters. The Bertz CT molecular complexity index is 497. The van der Waals surface area contributed by atoms with Crippen LogP contribution in [0.3, 0.4) is 0 Å². The van der Waals surface area contributed by atoms with Crippen molar-refractivity contribution >= 4 is 22.4 Å². The van der Waals surface area contributed by atoms with Gasteiger partial charge in [0.25, 0.3) is 0 Å². The first-order chi connectivity index (χ1) is 10.3. The maximum absolute atomic E-state index is 12.2. The number of rotatable bonds is 4. The van der Waals surface area contributed by atoms with Gasteiger partial charge in [-0.05, 0) is 25.2 Å². The Morgan fingerprint density at radius 3 is 3.24 bits per heavy atom. The summed E-state index contributed by atoms with van der Waals surface area (Å²) in [6, 6.07) is -0.257. The van der Waals surface area contributed by atoms with Gasteiger partial charge in [-0.15, -0.1) is 11.3 Å². The monoisotopic (exact) mass is 309 g/mol. The molecule has 1 fully saturated rings. The Morgan fingerprint density at radius 2 is 2.48 bits per heavy atom. The summed E-state index contributed by atoms with van der Waals surface area (Å²) in [6.45, 7) is 4.09. The fourth-order valence-electron chi connectivity index (χ4n) is 3.08. The van der Waals surface area contributed by atoms with Crippen molar-refractivity contribution in [2.75, 3.05) is 25.1 Å². The number of nitrogens with one attached hydrogen (secondary N) is 2. The number of hydrogen-bond donors (Lipinski definition) is 2. The van der Waals surface area contributed by atoms with Crippen molar-refractivity contribution in [1.29, 1.82) is 0 Å². The lowest BCUT2D eigenvalue weighted by molar-refractivity contribution is -0.120. The Balaban J connectivity index is 1.61. The molecule has 1 aromatic rings. The molecule has 1 amide bonds. The highest BCUT2D eigenvalue weighted by molar-refractivity contribution is 7.15. The number of hydrogen-bond acceptors (Lipinski definition) is 5. The number of carbonyl (C=O) groups excluding carboxylic acids is 1. The minimum Gasteiger partial charge on any atom is -0.378 e. The van der Waals surface area contributed by atoms with Gasteiger partial charge >= 0.3 is 0 Å². The quantitative estimate of drug-likeness (QED) is 0.892. The van der Waals surface area contributed by atoms with Gasteiger partial charge in [0.2, 0.25) is 5.91 Å². The maximum atomic E-state index is 12.2. The zero-order chi connectivity index (χ0) is 14.7. The van der Waals surface area contributed by atoms with E-state index in [2.05, 4.69) is 22.5 Å². The van der Waals surface area contributed by atoms with Crippen LogP contribution in [0.25, 0.3) is 0 Å². The minimum atomic E-state index is -0.257. The Morgan fingerprint density at radius 1 is 1.57 bits per heavy atom. The van der Waals surface area contributed by atoms with Crippen molar-refractivity contribution in [3.05, 3.63) is 10.6 Å². The average Bonchev–Trinajstić information content (AvgIpc) is 2.90. The number of amides is 1. The van der Waals surface area contributed by atoms with Gasteiger partial charge < -0.3 is 15.4 Å². The van der Waals surface area contributed by atoms with E-state index in [1.165, 1.54) is 29.8 Å². The molecule has 0 radical (unpaired) electrons. The lowest BCUT2D eigenvalue weighted by atomic mass is 9.88. The number of thiazole rings is 1. The van der Waals surface area contributed by atoms with Crippen LogP contribution >= 0.6 is 11.3 Å². The van der Waals surface area contributed by atoms with Crippen molar-refractivity contribution in [3.63, 3.8) is 0 Å². The third kappa shape index (κ3) is 3.62. The number of anilines is 1. The molecule has 1 aromatic heterocycles. The van der Waals surface area contributed by atoms with E-state index in [4.69, 9.17) is 4.74 Å². The highest BCUT2D eigenvalue weighted by atomic mass is 32.1. The smallest absolute Gasteiger partial charge is 0.245 e. The van der Waals surface area contributed by atoms with Crippen molar-refractivity contribution in [1.82, 2.24) is 10.3 Å². The number of carbonyl (C=O) groups is 1. The summed E-state index contributed by atoms with van der Waals surface area (Å²) in [7, 11) is 0. The molecule has 1 saturated heterocycles. The summed E-state index contributed by atoms with van der Waals surface area (Å²) >= 11 is 1.65. The third-order valence-corrected chi connectivity index (χ3v) is 5.24. The minimum absolute atomic E-state index is 0.0362. The molecule has 0 saturated carbocycles. The van der Waals surface area contributed by atoms with Gasteiger partial charge in [0, 0.05) is 11.4 Å². The summed E-state index contributed by atoms with van der Waals surface area (Å²) in [5.41, 5.74) is 1.19. The topological polar surface area (TPSA) is 63.2 Å². The molecule has 21 heavy (non-hydrogen) atoms. The molecule has 2 aliphatic rings. The van der Waals surface area contributed by atoms with Crippen LogP contribution in [0, 0.1) is 5.92 Å². The number of morpholine rings is 1. The SMILES string of the molecule is CCCC1CCc2nc(NC(=O)C3COCCN3)sc2C1. The Hall–Kier alpha value is -0.980. The molecule has 2 N–H and O–H groups in total. The number of ether oxygens (including phenoxy) is 1. The Kier molecular flexibility index (Phi) is 4.87. The molecule has 2 atom stereocenters. The summed E-state index contributed by atoms with van der Waals surface area (Å²) in [6.07, 6.45) is 5.95. The van der Waals surface area contributed by atoms with Crippen LogP contribution in [0.2, 0.25) is 0 Å². The molecule has 0 spiro atoms. The van der Waals surface area contributed by atoms with Gasteiger partial charge in [0.1, 0.15) is 6.04 Å². The zero-order valence-corrected chi connectivity index (χ0v) is 13.3.